The summed E-state index contributed by atoms with van der Waals surface area (Å²) in [6, 6.07) is 13.1. The number of nitro groups is 1. The Morgan fingerprint density at radius 1 is 1.09 bits per heavy atom. The standard InChI is InChI=1S/C22H14BrN3O6/c1-12-10-13(6-8-17(12)23)25-21(28)16(20(27)24-22(25)29)11-14-7-9-19(32-14)15-4-2-3-5-18(15)26(30)31/h2-11H,1H3,(H,24,27,29)/b16-11-. The molecule has 4 rings (SSSR count). The van der Waals surface area contributed by atoms with Crippen molar-refractivity contribution in [1.82, 2.24) is 5.32 Å². The lowest BCUT2D eigenvalue weighted by atomic mass is 10.1. The van der Waals surface area contributed by atoms with E-state index >= 15 is 0 Å². The lowest BCUT2D eigenvalue weighted by molar-refractivity contribution is -0.384. The van der Waals surface area contributed by atoms with Crippen molar-refractivity contribution in [3.63, 3.8) is 0 Å². The summed E-state index contributed by atoms with van der Waals surface area (Å²) in [6.07, 6.45) is 1.20. The highest BCUT2D eigenvalue weighted by molar-refractivity contribution is 9.10. The lowest BCUT2D eigenvalue weighted by Crippen LogP contribution is -2.54. The van der Waals surface area contributed by atoms with E-state index in [1.807, 2.05) is 0 Å². The van der Waals surface area contributed by atoms with Gasteiger partial charge in [-0.25, -0.2) is 9.69 Å². The molecule has 1 saturated heterocycles. The number of halogens is 1. The number of amides is 4. The van der Waals surface area contributed by atoms with Gasteiger partial charge < -0.3 is 4.42 Å². The molecular formula is C22H14BrN3O6. The minimum atomic E-state index is -0.867. The Morgan fingerprint density at radius 3 is 2.56 bits per heavy atom. The molecule has 0 bridgehead atoms. The average Bonchev–Trinajstić information content (AvgIpc) is 3.22. The Morgan fingerprint density at radius 2 is 1.84 bits per heavy atom. The number of hydrogen-bond donors (Lipinski definition) is 1. The zero-order valence-corrected chi connectivity index (χ0v) is 18.1. The lowest BCUT2D eigenvalue weighted by Gasteiger charge is -2.26. The van der Waals surface area contributed by atoms with Crippen molar-refractivity contribution in [2.45, 2.75) is 6.92 Å². The first-order chi connectivity index (χ1) is 15.3. The number of nitrogens with one attached hydrogen (secondary N) is 1. The molecule has 1 aromatic heterocycles. The van der Waals surface area contributed by atoms with E-state index in [1.165, 1.54) is 36.4 Å². The summed E-state index contributed by atoms with van der Waals surface area (Å²) in [5, 5.41) is 13.4. The van der Waals surface area contributed by atoms with Crippen LogP contribution in [0.3, 0.4) is 0 Å². The quantitative estimate of drug-likeness (QED) is 0.244. The van der Waals surface area contributed by atoms with Gasteiger partial charge in [-0.2, -0.15) is 0 Å². The summed E-state index contributed by atoms with van der Waals surface area (Å²) in [5.74, 6) is -1.36. The van der Waals surface area contributed by atoms with Crippen LogP contribution in [0.1, 0.15) is 11.3 Å². The van der Waals surface area contributed by atoms with Gasteiger partial charge in [-0.15, -0.1) is 0 Å². The second kappa shape index (κ2) is 8.23. The maximum atomic E-state index is 13.0. The first kappa shape index (κ1) is 21.2. The monoisotopic (exact) mass is 495 g/mol. The molecule has 1 N–H and O–H groups in total. The Hall–Kier alpha value is -4.05. The second-order valence-electron chi connectivity index (χ2n) is 6.87. The van der Waals surface area contributed by atoms with Gasteiger partial charge in [0.05, 0.1) is 16.2 Å². The number of imide groups is 2. The molecule has 1 fully saturated rings. The van der Waals surface area contributed by atoms with Gasteiger partial charge in [0.25, 0.3) is 17.5 Å². The average molecular weight is 496 g/mol. The maximum Gasteiger partial charge on any atom is 0.335 e. The number of carbonyl (C=O) groups is 3. The van der Waals surface area contributed by atoms with Crippen molar-refractivity contribution < 1.29 is 23.7 Å². The molecule has 32 heavy (non-hydrogen) atoms. The van der Waals surface area contributed by atoms with E-state index < -0.39 is 22.8 Å². The van der Waals surface area contributed by atoms with E-state index in [9.17, 15) is 24.5 Å². The molecule has 1 aliphatic heterocycles. The smallest absolute Gasteiger partial charge is 0.335 e. The van der Waals surface area contributed by atoms with Gasteiger partial charge >= 0.3 is 6.03 Å². The second-order valence-corrected chi connectivity index (χ2v) is 7.72. The molecule has 2 aromatic carbocycles. The van der Waals surface area contributed by atoms with Crippen molar-refractivity contribution in [3.05, 3.63) is 86.1 Å². The number of aryl methyl sites for hydroxylation is 1. The highest BCUT2D eigenvalue weighted by atomic mass is 79.9. The first-order valence-electron chi connectivity index (χ1n) is 9.27. The Bertz CT molecular complexity index is 1330. The van der Waals surface area contributed by atoms with Crippen LogP contribution in [0.2, 0.25) is 0 Å². The molecule has 0 saturated carbocycles. The van der Waals surface area contributed by atoms with Crippen LogP contribution in [0.5, 0.6) is 0 Å². The summed E-state index contributed by atoms with van der Waals surface area (Å²) in [6.45, 7) is 1.80. The van der Waals surface area contributed by atoms with E-state index in [2.05, 4.69) is 21.2 Å². The molecule has 0 aliphatic carbocycles. The third kappa shape index (κ3) is 3.83. The molecule has 10 heteroatoms. The summed E-state index contributed by atoms with van der Waals surface area (Å²) >= 11 is 3.36. The van der Waals surface area contributed by atoms with E-state index in [4.69, 9.17) is 4.42 Å². The van der Waals surface area contributed by atoms with Gasteiger partial charge in [-0.3, -0.25) is 25.0 Å². The van der Waals surface area contributed by atoms with Crippen molar-refractivity contribution in [2.24, 2.45) is 0 Å². The largest absolute Gasteiger partial charge is 0.456 e. The number of anilines is 1. The molecule has 0 unspecified atom stereocenters. The molecule has 160 valence electrons. The molecule has 0 atom stereocenters. The fourth-order valence-electron chi connectivity index (χ4n) is 3.22. The van der Waals surface area contributed by atoms with Crippen LogP contribution >= 0.6 is 15.9 Å². The molecule has 9 nitrogen and oxygen atoms in total. The van der Waals surface area contributed by atoms with Crippen LogP contribution < -0.4 is 10.2 Å². The van der Waals surface area contributed by atoms with Crippen LogP contribution in [0.15, 0.2) is 69.1 Å². The van der Waals surface area contributed by atoms with E-state index in [0.29, 0.717) is 5.69 Å². The van der Waals surface area contributed by atoms with Gasteiger partial charge in [0.1, 0.15) is 17.1 Å². The third-order valence-corrected chi connectivity index (χ3v) is 5.67. The maximum absolute atomic E-state index is 13.0. The number of carbonyl (C=O) groups excluding carboxylic acids is 3. The molecule has 0 radical (unpaired) electrons. The number of para-hydroxylation sites is 1. The predicted octanol–water partition coefficient (Wildman–Crippen LogP) is 4.59. The van der Waals surface area contributed by atoms with E-state index in [1.54, 1.807) is 31.2 Å². The molecule has 3 aromatic rings. The zero-order chi connectivity index (χ0) is 23.0. The van der Waals surface area contributed by atoms with Gasteiger partial charge in [-0.1, -0.05) is 28.1 Å². The number of barbiturate groups is 1. The first-order valence-corrected chi connectivity index (χ1v) is 10.1. The molecule has 4 amide bonds. The van der Waals surface area contributed by atoms with Crippen LogP contribution in [0.25, 0.3) is 17.4 Å². The van der Waals surface area contributed by atoms with Crippen LogP contribution in [0.4, 0.5) is 16.2 Å². The topological polar surface area (TPSA) is 123 Å². The Kier molecular flexibility index (Phi) is 5.45. The summed E-state index contributed by atoms with van der Waals surface area (Å²) in [4.78, 5) is 49.3. The summed E-state index contributed by atoms with van der Waals surface area (Å²) in [5.41, 5.74) is 0.893. The summed E-state index contributed by atoms with van der Waals surface area (Å²) in [7, 11) is 0. The minimum absolute atomic E-state index is 0.123. The highest BCUT2D eigenvalue weighted by Gasteiger charge is 2.37. The zero-order valence-electron chi connectivity index (χ0n) is 16.5. The molecule has 2 heterocycles. The minimum Gasteiger partial charge on any atom is -0.456 e. The van der Waals surface area contributed by atoms with Crippen LogP contribution in [0, 0.1) is 17.0 Å². The fraction of sp³-hybridized carbons (Fsp3) is 0.0455. The number of nitro benzene ring substituents is 1. The Balaban J connectivity index is 1.70. The van der Waals surface area contributed by atoms with Gasteiger partial charge in [-0.05, 0) is 55.0 Å². The molecule has 1 aliphatic rings. The van der Waals surface area contributed by atoms with Gasteiger partial charge in [0.15, 0.2) is 0 Å². The number of benzene rings is 2. The number of nitrogens with zero attached hydrogens (tertiary/aromatic N) is 2. The van der Waals surface area contributed by atoms with Crippen molar-refractivity contribution in [1.29, 1.82) is 0 Å². The normalized spacial score (nSPS) is 15.2. The van der Waals surface area contributed by atoms with Crippen molar-refractivity contribution >= 4 is 51.2 Å². The number of urea groups is 1. The number of rotatable bonds is 4. The van der Waals surface area contributed by atoms with Crippen LogP contribution in [-0.2, 0) is 9.59 Å². The van der Waals surface area contributed by atoms with Gasteiger partial charge in [0, 0.05) is 10.5 Å². The van der Waals surface area contributed by atoms with Crippen molar-refractivity contribution in [3.8, 4) is 11.3 Å². The number of hydrogen-bond acceptors (Lipinski definition) is 6. The van der Waals surface area contributed by atoms with Gasteiger partial charge in [0.2, 0.25) is 0 Å². The highest BCUT2D eigenvalue weighted by Crippen LogP contribution is 2.32. The summed E-state index contributed by atoms with van der Waals surface area (Å²) < 4.78 is 6.44. The third-order valence-electron chi connectivity index (χ3n) is 4.78. The van der Waals surface area contributed by atoms with Crippen molar-refractivity contribution in [2.75, 3.05) is 4.90 Å². The SMILES string of the molecule is Cc1cc(N2C(=O)NC(=O)/C(=C/c3ccc(-c4ccccc4[N+](=O)[O-])o3)C2=O)ccc1Br. The van der Waals surface area contributed by atoms with E-state index in [-0.39, 0.29) is 28.3 Å². The predicted molar refractivity (Wildman–Crippen MR) is 119 cm³/mol. The number of furan rings is 1. The van der Waals surface area contributed by atoms with Crippen LogP contribution in [-0.4, -0.2) is 22.8 Å². The molecular weight excluding hydrogens is 482 g/mol. The molecule has 0 spiro atoms. The van der Waals surface area contributed by atoms with E-state index in [0.717, 1.165) is 14.9 Å². The Labute approximate surface area is 189 Å². The fourth-order valence-corrected chi connectivity index (χ4v) is 3.47.